The summed E-state index contributed by atoms with van der Waals surface area (Å²) in [6, 6.07) is 14.8. The Morgan fingerprint density at radius 3 is 2.35 bits per heavy atom. The van der Waals surface area contributed by atoms with Gasteiger partial charge in [-0.3, -0.25) is 19.0 Å². The third kappa shape index (κ3) is 10.9. The molecule has 5 aliphatic rings. The number of anilines is 3. The average molecular weight is 964 g/mol. The molecule has 10 rings (SSSR count). The fourth-order valence-electron chi connectivity index (χ4n) is 10.5. The zero-order chi connectivity index (χ0) is 48.2. The number of rotatable bonds is 9. The lowest BCUT2D eigenvalue weighted by Gasteiger charge is -2.33. The molecule has 0 unspecified atom stereocenters. The summed E-state index contributed by atoms with van der Waals surface area (Å²) in [4.78, 5) is 33.4. The van der Waals surface area contributed by atoms with E-state index in [9.17, 15) is 18.4 Å². The van der Waals surface area contributed by atoms with E-state index in [0.717, 1.165) is 119 Å². The zero-order valence-corrected chi connectivity index (χ0v) is 40.5. The van der Waals surface area contributed by atoms with Crippen molar-refractivity contribution >= 4 is 40.7 Å². The van der Waals surface area contributed by atoms with Crippen LogP contribution >= 0.6 is 11.6 Å². The maximum absolute atomic E-state index is 14.4. The highest BCUT2D eigenvalue weighted by Crippen LogP contribution is 2.44. The van der Waals surface area contributed by atoms with Crippen LogP contribution in [0.25, 0.3) is 11.1 Å². The van der Waals surface area contributed by atoms with Crippen molar-refractivity contribution in [3.05, 3.63) is 93.5 Å². The maximum atomic E-state index is 14.4. The minimum Gasteiger partial charge on any atom is -0.490 e. The standard InChI is InChI=1S/C28H34F2N6O.C23H27ClN6O2/c1-18(37)34-12-10-25-24(17-34)28(32-36(25)21-8-4-3-5-9-21)35-11-6-7-19-13-22(20-15-31-33(2)16-20)23(27(29)30)14-26(19)35;1-29-10-12-30(13-11-29)22-9-8-21(27-28-22)23(31)26-17-3-6-18(7-4-17)32-19-5-2-16(15-25)20(24)14-19/h13-16,21,27H,3-12,17H2,1-2H3;2,5,8-9,14,17-18H,3-4,6-7,10-13H2,1H3,(H,26,31). The van der Waals surface area contributed by atoms with Gasteiger partial charge in [0.05, 0.1) is 35.5 Å². The number of fused-ring (bicyclic) bond motifs is 2. The second-order valence-corrected chi connectivity index (χ2v) is 19.5. The molecule has 0 bridgehead atoms. The third-order valence-corrected chi connectivity index (χ3v) is 14.7. The first kappa shape index (κ1) is 47.9. The molecule has 0 atom stereocenters. The van der Waals surface area contributed by atoms with Crippen LogP contribution in [0.1, 0.15) is 122 Å². The molecule has 0 radical (unpaired) electrons. The zero-order valence-electron chi connectivity index (χ0n) is 39.7. The van der Waals surface area contributed by atoms with E-state index in [1.807, 2.05) is 23.1 Å². The van der Waals surface area contributed by atoms with E-state index in [-0.39, 0.29) is 29.5 Å². The molecule has 6 heterocycles. The summed E-state index contributed by atoms with van der Waals surface area (Å²) in [6.45, 7) is 7.36. The summed E-state index contributed by atoms with van der Waals surface area (Å²) >= 11 is 6.08. The van der Waals surface area contributed by atoms with Crippen molar-refractivity contribution in [2.24, 2.45) is 7.05 Å². The number of halogens is 3. The maximum Gasteiger partial charge on any atom is 0.272 e. The van der Waals surface area contributed by atoms with Gasteiger partial charge in [-0.1, -0.05) is 30.9 Å². The van der Waals surface area contributed by atoms with Gasteiger partial charge in [0.15, 0.2) is 17.3 Å². The number of carbonyl (C=O) groups excluding carboxylic acids is 2. The number of nitrogens with one attached hydrogen (secondary N) is 1. The lowest BCUT2D eigenvalue weighted by Crippen LogP contribution is -2.45. The summed E-state index contributed by atoms with van der Waals surface area (Å²) in [5.74, 6) is 2.18. The van der Waals surface area contributed by atoms with Crippen LogP contribution in [0.2, 0.25) is 5.02 Å². The van der Waals surface area contributed by atoms with Gasteiger partial charge in [0.2, 0.25) is 5.91 Å². The average Bonchev–Trinajstić information content (AvgIpc) is 3.98. The van der Waals surface area contributed by atoms with Crippen molar-refractivity contribution in [2.45, 2.75) is 115 Å². The van der Waals surface area contributed by atoms with E-state index in [2.05, 4.69) is 47.0 Å². The van der Waals surface area contributed by atoms with Crippen molar-refractivity contribution in [2.75, 3.05) is 56.1 Å². The van der Waals surface area contributed by atoms with E-state index >= 15 is 0 Å². The van der Waals surface area contributed by atoms with Crippen molar-refractivity contribution in [3.8, 4) is 22.9 Å². The summed E-state index contributed by atoms with van der Waals surface area (Å²) in [5, 5.41) is 30.3. The molecule has 69 heavy (non-hydrogen) atoms. The lowest BCUT2D eigenvalue weighted by atomic mass is 9.92. The third-order valence-electron chi connectivity index (χ3n) is 14.4. The molecule has 3 fully saturated rings. The molecule has 0 spiro atoms. The molecule has 1 N–H and O–H groups in total. The summed E-state index contributed by atoms with van der Waals surface area (Å²) in [6.07, 6.45) is 12.6. The van der Waals surface area contributed by atoms with E-state index in [4.69, 9.17) is 26.7 Å². The van der Waals surface area contributed by atoms with Gasteiger partial charge in [-0.15, -0.1) is 10.2 Å². The summed E-state index contributed by atoms with van der Waals surface area (Å²) < 4.78 is 38.6. The van der Waals surface area contributed by atoms with Crippen LogP contribution < -0.4 is 19.9 Å². The SMILES string of the molecule is CC(=O)N1CCc2c(c(N3CCCc4cc(-c5cnn(C)c5)c(C(F)F)cc43)nn2C2CCCCC2)C1.CN1CCN(c2ccc(C(=O)NC3CCC(Oc4ccc(C#N)c(Cl)c4)CC3)nn2)CC1. The van der Waals surface area contributed by atoms with Crippen LogP contribution in [0, 0.1) is 11.3 Å². The van der Waals surface area contributed by atoms with Gasteiger partial charge in [-0.05, 0) is 106 Å². The fraction of sp³-hybridized carbons (Fsp3) is 0.510. The van der Waals surface area contributed by atoms with Crippen LogP contribution in [0.3, 0.4) is 0 Å². The van der Waals surface area contributed by atoms with Gasteiger partial charge in [-0.25, -0.2) is 8.78 Å². The van der Waals surface area contributed by atoms with E-state index in [0.29, 0.717) is 52.3 Å². The van der Waals surface area contributed by atoms with Crippen molar-refractivity contribution in [3.63, 3.8) is 0 Å². The summed E-state index contributed by atoms with van der Waals surface area (Å²) in [5.41, 5.74) is 6.19. The molecule has 2 amide bonds. The van der Waals surface area contributed by atoms with Gasteiger partial charge in [0.25, 0.3) is 12.3 Å². The van der Waals surface area contributed by atoms with Gasteiger partial charge in [0.1, 0.15) is 11.8 Å². The molecule has 2 aliphatic carbocycles. The Morgan fingerprint density at radius 2 is 1.68 bits per heavy atom. The number of benzene rings is 2. The highest BCUT2D eigenvalue weighted by molar-refractivity contribution is 6.31. The number of nitriles is 1. The smallest absolute Gasteiger partial charge is 0.272 e. The monoisotopic (exact) mass is 962 g/mol. The molecular formula is C51H61ClF2N12O3. The van der Waals surface area contributed by atoms with E-state index in [1.165, 1.54) is 25.0 Å². The van der Waals surface area contributed by atoms with Gasteiger partial charge in [-0.2, -0.15) is 15.5 Å². The van der Waals surface area contributed by atoms with E-state index in [1.54, 1.807) is 61.4 Å². The Kier molecular flexibility index (Phi) is 14.8. The Labute approximate surface area is 407 Å². The number of carbonyl (C=O) groups is 2. The number of nitrogens with zero attached hydrogens (tertiary/aromatic N) is 11. The molecule has 3 aromatic heterocycles. The number of ether oxygens (including phenoxy) is 1. The number of piperazine rings is 1. The molecule has 3 aliphatic heterocycles. The number of aryl methyl sites for hydroxylation is 2. The minimum atomic E-state index is -2.61. The molecule has 15 nitrogen and oxygen atoms in total. The molecule has 2 aromatic carbocycles. The molecule has 1 saturated heterocycles. The number of aromatic nitrogens is 6. The summed E-state index contributed by atoms with van der Waals surface area (Å²) in [7, 11) is 3.90. The molecular weight excluding hydrogens is 902 g/mol. The normalized spacial score (nSPS) is 19.8. The van der Waals surface area contributed by atoms with Gasteiger partial charge < -0.3 is 29.7 Å². The Hall–Kier alpha value is -6.12. The number of hydrogen-bond donors (Lipinski definition) is 1. The highest BCUT2D eigenvalue weighted by atomic mass is 35.5. The first-order valence-corrected chi connectivity index (χ1v) is 24.8. The van der Waals surface area contributed by atoms with E-state index < -0.39 is 6.43 Å². The second kappa shape index (κ2) is 21.3. The lowest BCUT2D eigenvalue weighted by molar-refractivity contribution is -0.129. The Bertz CT molecular complexity index is 2660. The first-order valence-electron chi connectivity index (χ1n) is 24.4. The quantitative estimate of drug-likeness (QED) is 0.151. The van der Waals surface area contributed by atoms with Crippen LogP contribution in [0.4, 0.5) is 26.1 Å². The highest BCUT2D eigenvalue weighted by Gasteiger charge is 2.34. The van der Waals surface area contributed by atoms with Crippen molar-refractivity contribution < 1.29 is 23.1 Å². The van der Waals surface area contributed by atoms with Crippen molar-refractivity contribution in [1.82, 2.24) is 44.9 Å². The number of likely N-dealkylation sites (N-methyl/N-ethyl adjacent to an activating group) is 1. The first-order chi connectivity index (χ1) is 33.4. The predicted octanol–water partition coefficient (Wildman–Crippen LogP) is 8.59. The Morgan fingerprint density at radius 1 is 0.899 bits per heavy atom. The van der Waals surface area contributed by atoms with Crippen LogP contribution in [0.15, 0.2) is 54.9 Å². The van der Waals surface area contributed by atoms with Crippen LogP contribution in [0.5, 0.6) is 5.75 Å². The fourth-order valence-corrected chi connectivity index (χ4v) is 10.7. The number of alkyl halides is 2. The second-order valence-electron chi connectivity index (χ2n) is 19.1. The number of amides is 2. The minimum absolute atomic E-state index is 0.0181. The predicted molar refractivity (Wildman–Crippen MR) is 260 cm³/mol. The molecule has 364 valence electrons. The van der Waals surface area contributed by atoms with Crippen LogP contribution in [-0.4, -0.2) is 110 Å². The number of hydrogen-bond acceptors (Lipinski definition) is 11. The van der Waals surface area contributed by atoms with Crippen molar-refractivity contribution in [1.29, 1.82) is 5.26 Å². The topological polar surface area (TPSA) is 154 Å². The largest absolute Gasteiger partial charge is 0.490 e. The Balaban J connectivity index is 0.000000174. The van der Waals surface area contributed by atoms with Crippen LogP contribution in [-0.2, 0) is 31.2 Å². The van der Waals surface area contributed by atoms with Gasteiger partial charge >= 0.3 is 0 Å². The molecule has 5 aromatic rings. The molecule has 18 heteroatoms. The van der Waals surface area contributed by atoms with Gasteiger partial charge in [0, 0.05) is 106 Å². The molecule has 2 saturated carbocycles.